The van der Waals surface area contributed by atoms with Gasteiger partial charge in [0, 0.05) is 21.6 Å². The molecule has 0 heterocycles. The average Bonchev–Trinajstić information content (AvgIpc) is 2.56. The third-order valence-corrected chi connectivity index (χ3v) is 4.41. The van der Waals surface area contributed by atoms with Crippen molar-refractivity contribution in [2.24, 2.45) is 0 Å². The molecule has 3 nitrogen and oxygen atoms in total. The van der Waals surface area contributed by atoms with Crippen molar-refractivity contribution in [3.63, 3.8) is 0 Å². The van der Waals surface area contributed by atoms with Crippen LogP contribution in [0.3, 0.4) is 0 Å². The van der Waals surface area contributed by atoms with Crippen LogP contribution in [0.5, 0.6) is 11.5 Å². The summed E-state index contributed by atoms with van der Waals surface area (Å²) in [6.45, 7) is 4.29. The Bertz CT molecular complexity index is 632. The first-order chi connectivity index (χ1) is 11.2. The van der Waals surface area contributed by atoms with Gasteiger partial charge in [0.25, 0.3) is 0 Å². The van der Waals surface area contributed by atoms with E-state index in [2.05, 4.69) is 28.2 Å². The van der Waals surface area contributed by atoms with Gasteiger partial charge in [0.1, 0.15) is 6.61 Å². The molecule has 0 saturated heterocycles. The fraction of sp³-hybridized carbons (Fsp3) is 0.333. The fourth-order valence-electron chi connectivity index (χ4n) is 2.19. The summed E-state index contributed by atoms with van der Waals surface area (Å²) in [4.78, 5) is 0. The van der Waals surface area contributed by atoms with Crippen LogP contribution in [-0.2, 0) is 13.2 Å². The summed E-state index contributed by atoms with van der Waals surface area (Å²) in [6, 6.07) is 11.5. The highest BCUT2D eigenvalue weighted by atomic mass is 79.9. The van der Waals surface area contributed by atoms with Gasteiger partial charge in [-0.2, -0.15) is 0 Å². The molecule has 0 spiro atoms. The van der Waals surface area contributed by atoms with E-state index in [1.165, 1.54) is 0 Å². The van der Waals surface area contributed by atoms with Gasteiger partial charge in [-0.3, -0.25) is 0 Å². The number of rotatable bonds is 8. The normalized spacial score (nSPS) is 10.6. The smallest absolute Gasteiger partial charge is 0.167 e. The van der Waals surface area contributed by atoms with Crippen LogP contribution in [0.25, 0.3) is 0 Å². The molecule has 0 radical (unpaired) electrons. The van der Waals surface area contributed by atoms with Gasteiger partial charge in [-0.05, 0) is 42.8 Å². The van der Waals surface area contributed by atoms with Crippen LogP contribution in [0.2, 0.25) is 5.02 Å². The van der Waals surface area contributed by atoms with Crippen LogP contribution in [0, 0.1) is 0 Å². The summed E-state index contributed by atoms with van der Waals surface area (Å²) in [5.74, 6) is 1.50. The highest BCUT2D eigenvalue weighted by Crippen LogP contribution is 2.36. The highest BCUT2D eigenvalue weighted by molar-refractivity contribution is 9.10. The Kier molecular flexibility index (Phi) is 7.21. The number of hydrogen-bond donors (Lipinski definition) is 1. The molecule has 2 aromatic rings. The maximum absolute atomic E-state index is 6.06. The van der Waals surface area contributed by atoms with E-state index in [0.29, 0.717) is 6.61 Å². The van der Waals surface area contributed by atoms with Gasteiger partial charge in [-0.1, -0.05) is 46.6 Å². The lowest BCUT2D eigenvalue weighted by atomic mass is 10.1. The van der Waals surface area contributed by atoms with Crippen molar-refractivity contribution in [1.82, 2.24) is 5.32 Å². The molecule has 0 saturated carbocycles. The summed E-state index contributed by atoms with van der Waals surface area (Å²) in [5, 5.41) is 4.13. The first kappa shape index (κ1) is 18.1. The zero-order chi connectivity index (χ0) is 16.7. The van der Waals surface area contributed by atoms with E-state index < -0.39 is 0 Å². The SMILES string of the molecule is CCCNCc1c(Br)ccc(OC)c1OCc1ccc(Cl)cc1. The molecule has 124 valence electrons. The molecule has 0 unspecified atom stereocenters. The number of methoxy groups -OCH3 is 1. The van der Waals surface area contributed by atoms with Crippen LogP contribution < -0.4 is 14.8 Å². The second-order valence-electron chi connectivity index (χ2n) is 5.15. The molecule has 0 amide bonds. The molecule has 0 aliphatic heterocycles. The van der Waals surface area contributed by atoms with E-state index in [1.54, 1.807) is 7.11 Å². The molecule has 0 aliphatic carbocycles. The molecular weight excluding hydrogens is 378 g/mol. The monoisotopic (exact) mass is 397 g/mol. The van der Waals surface area contributed by atoms with Crippen LogP contribution in [0.4, 0.5) is 0 Å². The summed E-state index contributed by atoms with van der Waals surface area (Å²) in [5.41, 5.74) is 2.12. The van der Waals surface area contributed by atoms with Crippen molar-refractivity contribution in [2.45, 2.75) is 26.5 Å². The average molecular weight is 399 g/mol. The molecule has 0 bridgehead atoms. The molecule has 23 heavy (non-hydrogen) atoms. The zero-order valence-electron chi connectivity index (χ0n) is 13.4. The number of benzene rings is 2. The third kappa shape index (κ3) is 5.13. The van der Waals surface area contributed by atoms with Gasteiger partial charge in [0.15, 0.2) is 11.5 Å². The van der Waals surface area contributed by atoms with Crippen molar-refractivity contribution < 1.29 is 9.47 Å². The fourth-order valence-corrected chi connectivity index (χ4v) is 2.77. The second kappa shape index (κ2) is 9.16. The summed E-state index contributed by atoms with van der Waals surface area (Å²) >= 11 is 9.52. The predicted molar refractivity (Wildman–Crippen MR) is 98.5 cm³/mol. The Morgan fingerprint density at radius 3 is 2.52 bits per heavy atom. The molecular formula is C18H21BrClNO2. The van der Waals surface area contributed by atoms with Gasteiger partial charge in [0.05, 0.1) is 7.11 Å². The number of hydrogen-bond acceptors (Lipinski definition) is 3. The Morgan fingerprint density at radius 1 is 1.13 bits per heavy atom. The Morgan fingerprint density at radius 2 is 1.87 bits per heavy atom. The van der Waals surface area contributed by atoms with E-state index in [9.17, 15) is 0 Å². The first-order valence-electron chi connectivity index (χ1n) is 7.59. The van der Waals surface area contributed by atoms with Crippen LogP contribution in [0.15, 0.2) is 40.9 Å². The number of halogens is 2. The maximum Gasteiger partial charge on any atom is 0.167 e. The second-order valence-corrected chi connectivity index (χ2v) is 6.44. The number of nitrogens with one attached hydrogen (secondary N) is 1. The first-order valence-corrected chi connectivity index (χ1v) is 8.76. The quantitative estimate of drug-likeness (QED) is 0.621. The van der Waals surface area contributed by atoms with Gasteiger partial charge < -0.3 is 14.8 Å². The molecule has 2 aromatic carbocycles. The predicted octanol–water partition coefficient (Wildman–Crippen LogP) is 5.19. The van der Waals surface area contributed by atoms with E-state index in [-0.39, 0.29) is 0 Å². The largest absolute Gasteiger partial charge is 0.493 e. The Balaban J connectivity index is 2.19. The molecule has 0 aliphatic rings. The van der Waals surface area contributed by atoms with E-state index in [0.717, 1.165) is 51.6 Å². The Hall–Kier alpha value is -1.23. The van der Waals surface area contributed by atoms with Crippen LogP contribution >= 0.6 is 27.5 Å². The maximum atomic E-state index is 6.06. The van der Waals surface area contributed by atoms with Crippen molar-refractivity contribution >= 4 is 27.5 Å². The topological polar surface area (TPSA) is 30.5 Å². The summed E-state index contributed by atoms with van der Waals surface area (Å²) in [6.07, 6.45) is 1.09. The summed E-state index contributed by atoms with van der Waals surface area (Å²) < 4.78 is 12.5. The van der Waals surface area contributed by atoms with E-state index in [1.807, 2.05) is 36.4 Å². The van der Waals surface area contributed by atoms with Crippen molar-refractivity contribution in [3.8, 4) is 11.5 Å². The van der Waals surface area contributed by atoms with Gasteiger partial charge in [0.2, 0.25) is 0 Å². The molecule has 0 atom stereocenters. The van der Waals surface area contributed by atoms with Crippen LogP contribution in [0.1, 0.15) is 24.5 Å². The molecule has 5 heteroatoms. The lowest BCUT2D eigenvalue weighted by molar-refractivity contribution is 0.280. The van der Waals surface area contributed by atoms with Crippen molar-refractivity contribution in [3.05, 3.63) is 57.0 Å². The van der Waals surface area contributed by atoms with Crippen molar-refractivity contribution in [1.29, 1.82) is 0 Å². The molecule has 1 N–H and O–H groups in total. The minimum atomic E-state index is 0.463. The van der Waals surface area contributed by atoms with Gasteiger partial charge >= 0.3 is 0 Å². The lowest BCUT2D eigenvalue weighted by Gasteiger charge is -2.17. The highest BCUT2D eigenvalue weighted by Gasteiger charge is 2.14. The number of ether oxygens (including phenoxy) is 2. The minimum absolute atomic E-state index is 0.463. The van der Waals surface area contributed by atoms with E-state index >= 15 is 0 Å². The van der Waals surface area contributed by atoms with E-state index in [4.69, 9.17) is 21.1 Å². The lowest BCUT2D eigenvalue weighted by Crippen LogP contribution is -2.15. The standard InChI is InChI=1S/C18H21BrClNO2/c1-3-10-21-11-15-16(19)8-9-17(22-2)18(15)23-12-13-4-6-14(20)7-5-13/h4-9,21H,3,10-12H2,1-2H3. The van der Waals surface area contributed by atoms with Gasteiger partial charge in [-0.15, -0.1) is 0 Å². The molecule has 0 fully saturated rings. The summed E-state index contributed by atoms with van der Waals surface area (Å²) in [7, 11) is 1.65. The van der Waals surface area contributed by atoms with Crippen LogP contribution in [-0.4, -0.2) is 13.7 Å². The zero-order valence-corrected chi connectivity index (χ0v) is 15.7. The van der Waals surface area contributed by atoms with Gasteiger partial charge in [-0.25, -0.2) is 0 Å². The third-order valence-electron chi connectivity index (χ3n) is 3.41. The minimum Gasteiger partial charge on any atom is -0.493 e. The molecule has 0 aromatic heterocycles. The van der Waals surface area contributed by atoms with Crippen molar-refractivity contribution in [2.75, 3.05) is 13.7 Å². The molecule has 2 rings (SSSR count). The Labute approximate surface area is 151 Å².